The maximum Gasteiger partial charge on any atom is 0.360 e. The topological polar surface area (TPSA) is 57.7 Å². The lowest BCUT2D eigenvalue weighted by molar-refractivity contribution is 0.0513. The average molecular weight is 261 g/mol. The number of hydrogen-bond donors (Lipinski definition) is 0. The minimum Gasteiger partial charge on any atom is -0.494 e. The van der Waals surface area contributed by atoms with Crippen LogP contribution in [0.4, 0.5) is 8.78 Å². The third-order valence-electron chi connectivity index (χ3n) is 2.10. The third kappa shape index (κ3) is 2.85. The summed E-state index contributed by atoms with van der Waals surface area (Å²) < 4.78 is 40.0. The Morgan fingerprint density at radius 1 is 1.39 bits per heavy atom. The predicted molar refractivity (Wildman–Crippen MR) is 58.3 cm³/mol. The Morgan fingerprint density at radius 3 is 2.50 bits per heavy atom. The molecule has 5 nitrogen and oxygen atoms in total. The summed E-state index contributed by atoms with van der Waals surface area (Å²) in [7, 11) is 2.44. The van der Waals surface area contributed by atoms with Gasteiger partial charge < -0.3 is 14.2 Å². The number of carbonyl (C=O) groups excluding carboxylic acids is 1. The van der Waals surface area contributed by atoms with Gasteiger partial charge in [0.05, 0.1) is 26.4 Å². The smallest absolute Gasteiger partial charge is 0.360 e. The molecule has 1 heterocycles. The van der Waals surface area contributed by atoms with Crippen LogP contribution >= 0.6 is 0 Å². The molecule has 0 N–H and O–H groups in total. The quantitative estimate of drug-likeness (QED) is 0.760. The highest BCUT2D eigenvalue weighted by atomic mass is 19.3. The standard InChI is InChI=1S/C11H13F2NO4/c1-4-18-11(15)8-9(17-3)6(10(12)13)5-7(14-8)16-2/h5,10H,4H2,1-3H3. The van der Waals surface area contributed by atoms with Crippen LogP contribution in [0.1, 0.15) is 29.4 Å². The molecular formula is C11H13F2NO4. The minimum absolute atomic E-state index is 0.102. The van der Waals surface area contributed by atoms with E-state index in [0.717, 1.165) is 6.07 Å². The number of alkyl halides is 2. The van der Waals surface area contributed by atoms with Gasteiger partial charge in [0.2, 0.25) is 5.88 Å². The molecule has 7 heteroatoms. The molecule has 1 aromatic rings. The van der Waals surface area contributed by atoms with E-state index in [1.54, 1.807) is 6.92 Å². The second kappa shape index (κ2) is 6.13. The molecule has 100 valence electrons. The largest absolute Gasteiger partial charge is 0.494 e. The van der Waals surface area contributed by atoms with Crippen molar-refractivity contribution >= 4 is 5.97 Å². The highest BCUT2D eigenvalue weighted by Crippen LogP contribution is 2.34. The van der Waals surface area contributed by atoms with Gasteiger partial charge in [0.25, 0.3) is 6.43 Å². The van der Waals surface area contributed by atoms with Crippen LogP contribution in [0.3, 0.4) is 0 Å². The first-order chi connectivity index (χ1) is 8.54. The van der Waals surface area contributed by atoms with Crippen LogP contribution in [-0.4, -0.2) is 31.8 Å². The van der Waals surface area contributed by atoms with Crippen molar-refractivity contribution in [1.82, 2.24) is 4.98 Å². The molecule has 0 amide bonds. The van der Waals surface area contributed by atoms with Crippen molar-refractivity contribution < 1.29 is 27.8 Å². The Hall–Kier alpha value is -1.92. The van der Waals surface area contributed by atoms with Gasteiger partial charge in [-0.25, -0.2) is 18.6 Å². The summed E-state index contributed by atoms with van der Waals surface area (Å²) >= 11 is 0. The number of halogens is 2. The first kappa shape index (κ1) is 14.1. The summed E-state index contributed by atoms with van der Waals surface area (Å²) in [6.07, 6.45) is -2.81. The molecule has 18 heavy (non-hydrogen) atoms. The number of pyridine rings is 1. The van der Waals surface area contributed by atoms with Crippen LogP contribution in [0.15, 0.2) is 6.07 Å². The molecule has 0 aromatic carbocycles. The van der Waals surface area contributed by atoms with Crippen molar-refractivity contribution in [3.63, 3.8) is 0 Å². The molecule has 0 fully saturated rings. The van der Waals surface area contributed by atoms with Crippen molar-refractivity contribution in [2.75, 3.05) is 20.8 Å². The number of hydrogen-bond acceptors (Lipinski definition) is 5. The monoisotopic (exact) mass is 261 g/mol. The molecule has 0 unspecified atom stereocenters. The van der Waals surface area contributed by atoms with Gasteiger partial charge in [0, 0.05) is 6.07 Å². The van der Waals surface area contributed by atoms with E-state index in [0.29, 0.717) is 0 Å². The third-order valence-corrected chi connectivity index (χ3v) is 2.10. The van der Waals surface area contributed by atoms with Gasteiger partial charge in [-0.2, -0.15) is 0 Å². The molecule has 1 rings (SSSR count). The molecule has 0 atom stereocenters. The summed E-state index contributed by atoms with van der Waals surface area (Å²) in [6.45, 7) is 1.70. The molecule has 0 radical (unpaired) electrons. The second-order valence-corrected chi connectivity index (χ2v) is 3.16. The van der Waals surface area contributed by atoms with E-state index < -0.39 is 18.0 Å². The lowest BCUT2D eigenvalue weighted by Crippen LogP contribution is -2.12. The normalized spacial score (nSPS) is 10.3. The molecule has 0 bridgehead atoms. The molecular weight excluding hydrogens is 248 g/mol. The molecule has 0 aliphatic heterocycles. The van der Waals surface area contributed by atoms with Gasteiger partial charge in [0.15, 0.2) is 11.4 Å². The lowest BCUT2D eigenvalue weighted by Gasteiger charge is -2.13. The zero-order chi connectivity index (χ0) is 13.7. The number of methoxy groups -OCH3 is 2. The fraction of sp³-hybridized carbons (Fsp3) is 0.455. The van der Waals surface area contributed by atoms with Crippen LogP contribution in [-0.2, 0) is 4.74 Å². The van der Waals surface area contributed by atoms with E-state index in [9.17, 15) is 13.6 Å². The van der Waals surface area contributed by atoms with Crippen molar-refractivity contribution in [3.8, 4) is 11.6 Å². The lowest BCUT2D eigenvalue weighted by atomic mass is 10.2. The van der Waals surface area contributed by atoms with Gasteiger partial charge in [-0.1, -0.05) is 0 Å². The Kier molecular flexibility index (Phi) is 4.82. The van der Waals surface area contributed by atoms with E-state index in [1.165, 1.54) is 14.2 Å². The van der Waals surface area contributed by atoms with E-state index in [-0.39, 0.29) is 23.9 Å². The highest BCUT2D eigenvalue weighted by molar-refractivity contribution is 5.91. The SMILES string of the molecule is CCOC(=O)c1nc(OC)cc(C(F)F)c1OC. The first-order valence-corrected chi connectivity index (χ1v) is 5.13. The number of nitrogens with zero attached hydrogens (tertiary/aromatic N) is 1. The number of rotatable bonds is 5. The predicted octanol–water partition coefficient (Wildman–Crippen LogP) is 2.21. The highest BCUT2D eigenvalue weighted by Gasteiger charge is 2.25. The summed E-state index contributed by atoms with van der Waals surface area (Å²) in [6, 6.07) is 1.02. The van der Waals surface area contributed by atoms with E-state index in [1.807, 2.05) is 0 Å². The molecule has 0 saturated heterocycles. The van der Waals surface area contributed by atoms with Crippen LogP contribution in [0.5, 0.6) is 11.6 Å². The fourth-order valence-electron chi connectivity index (χ4n) is 1.35. The number of carbonyl (C=O) groups is 1. The number of aromatic nitrogens is 1. The molecule has 0 saturated carbocycles. The van der Waals surface area contributed by atoms with Gasteiger partial charge in [-0.05, 0) is 6.92 Å². The van der Waals surface area contributed by atoms with Crippen LogP contribution in [0.25, 0.3) is 0 Å². The van der Waals surface area contributed by atoms with Crippen LogP contribution in [0.2, 0.25) is 0 Å². The van der Waals surface area contributed by atoms with Crippen molar-refractivity contribution in [1.29, 1.82) is 0 Å². The molecule has 0 spiro atoms. The molecule has 1 aromatic heterocycles. The number of esters is 1. The maximum atomic E-state index is 12.8. The zero-order valence-electron chi connectivity index (χ0n) is 10.2. The number of ether oxygens (including phenoxy) is 3. The summed E-state index contributed by atoms with van der Waals surface area (Å²) in [5.41, 5.74) is -0.790. The fourth-order valence-corrected chi connectivity index (χ4v) is 1.35. The average Bonchev–Trinajstić information content (AvgIpc) is 2.37. The van der Waals surface area contributed by atoms with Crippen LogP contribution in [0, 0.1) is 0 Å². The van der Waals surface area contributed by atoms with Crippen molar-refractivity contribution in [2.24, 2.45) is 0 Å². The van der Waals surface area contributed by atoms with E-state index >= 15 is 0 Å². The Balaban J connectivity index is 3.37. The van der Waals surface area contributed by atoms with Crippen molar-refractivity contribution in [3.05, 3.63) is 17.3 Å². The zero-order valence-corrected chi connectivity index (χ0v) is 10.2. The Labute approximate surface area is 103 Å². The maximum absolute atomic E-state index is 12.8. The van der Waals surface area contributed by atoms with Crippen LogP contribution < -0.4 is 9.47 Å². The van der Waals surface area contributed by atoms with Gasteiger partial charge >= 0.3 is 5.97 Å². The van der Waals surface area contributed by atoms with Crippen molar-refractivity contribution in [2.45, 2.75) is 13.3 Å². The Bertz CT molecular complexity index is 437. The second-order valence-electron chi connectivity index (χ2n) is 3.16. The van der Waals surface area contributed by atoms with Gasteiger partial charge in [-0.15, -0.1) is 0 Å². The minimum atomic E-state index is -2.81. The summed E-state index contributed by atoms with van der Waals surface area (Å²) in [5, 5.41) is 0. The molecule has 0 aliphatic rings. The van der Waals surface area contributed by atoms with E-state index in [4.69, 9.17) is 14.2 Å². The van der Waals surface area contributed by atoms with Gasteiger partial charge in [-0.3, -0.25) is 0 Å². The first-order valence-electron chi connectivity index (χ1n) is 5.13. The van der Waals surface area contributed by atoms with E-state index in [2.05, 4.69) is 4.98 Å². The summed E-state index contributed by atoms with van der Waals surface area (Å²) in [4.78, 5) is 15.4. The van der Waals surface area contributed by atoms with Gasteiger partial charge in [0.1, 0.15) is 0 Å². The Morgan fingerprint density at radius 2 is 2.06 bits per heavy atom. The summed E-state index contributed by atoms with van der Waals surface area (Å²) in [5.74, 6) is -1.24. The molecule has 0 aliphatic carbocycles.